The van der Waals surface area contributed by atoms with E-state index in [1.165, 1.54) is 327 Å². The normalized spacial score (nSPS) is 13.5. The lowest BCUT2D eigenvalue weighted by Gasteiger charge is -2.27. The number of carbonyl (C=O) groups excluding carboxylic acids is 1. The summed E-state index contributed by atoms with van der Waals surface area (Å²) in [7, 11) is 0. The van der Waals surface area contributed by atoms with Gasteiger partial charge in [-0.05, 0) is 12.8 Å². The number of carbonyl (C=O) groups is 1. The first-order chi connectivity index (χ1) is 36.0. The first-order valence-corrected chi connectivity index (χ1v) is 33.9. The van der Waals surface area contributed by atoms with Crippen LogP contribution in [0.5, 0.6) is 0 Å². The largest absolute Gasteiger partial charge is 0.394 e. The van der Waals surface area contributed by atoms with E-state index >= 15 is 0 Å². The van der Waals surface area contributed by atoms with Crippen molar-refractivity contribution in [3.05, 3.63) is 0 Å². The van der Waals surface area contributed by atoms with Crippen molar-refractivity contribution >= 4 is 5.91 Å². The summed E-state index contributed by atoms with van der Waals surface area (Å²) in [6, 6.07) is -0.982. The molecule has 1 amide bonds. The minimum absolute atomic E-state index is 0.377. The molecule has 0 aliphatic heterocycles. The van der Waals surface area contributed by atoms with Crippen molar-refractivity contribution in [1.82, 2.24) is 5.32 Å². The molecule has 0 aliphatic carbocycles. The molecular weight excluding hydrogens is 899 g/mol. The van der Waals surface area contributed by atoms with Gasteiger partial charge >= 0.3 is 0 Å². The lowest BCUT2D eigenvalue weighted by atomic mass is 9.99. The van der Waals surface area contributed by atoms with E-state index in [4.69, 9.17) is 0 Å². The van der Waals surface area contributed by atoms with Crippen LogP contribution in [0.25, 0.3) is 0 Å². The molecule has 0 radical (unpaired) electrons. The van der Waals surface area contributed by atoms with Gasteiger partial charge in [-0.3, -0.25) is 4.79 Å². The third-order valence-corrected chi connectivity index (χ3v) is 16.6. The average molecular weight is 1030 g/mol. The SMILES string of the molecule is CCCCCCCCCCCCCCCCCCCCCCCCCCCCCCCCCCCCCCC(O)C(=O)NC(CO)C(O)C(O)CCCCCCCCCCCCCCCCCCCCCCC. The fourth-order valence-electron chi connectivity index (χ4n) is 11.3. The Morgan fingerprint density at radius 1 is 0.288 bits per heavy atom. The molecule has 0 aromatic rings. The molecule has 0 bridgehead atoms. The Hall–Kier alpha value is -0.690. The Bertz CT molecular complexity index is 1030. The van der Waals surface area contributed by atoms with Crippen LogP contribution in [-0.4, -0.2) is 57.3 Å². The highest BCUT2D eigenvalue weighted by molar-refractivity contribution is 5.80. The van der Waals surface area contributed by atoms with E-state index in [9.17, 15) is 25.2 Å². The van der Waals surface area contributed by atoms with Gasteiger partial charge in [-0.25, -0.2) is 0 Å². The van der Waals surface area contributed by atoms with Gasteiger partial charge in [0.2, 0.25) is 5.91 Å². The minimum atomic E-state index is -1.26. The summed E-state index contributed by atoms with van der Waals surface area (Å²) < 4.78 is 0. The van der Waals surface area contributed by atoms with Crippen molar-refractivity contribution in [2.45, 2.75) is 417 Å². The smallest absolute Gasteiger partial charge is 0.249 e. The molecular formula is C67H135NO5. The molecule has 4 unspecified atom stereocenters. The zero-order valence-electron chi connectivity index (χ0n) is 49.9. The van der Waals surface area contributed by atoms with E-state index in [-0.39, 0.29) is 0 Å². The van der Waals surface area contributed by atoms with E-state index < -0.39 is 36.9 Å². The van der Waals surface area contributed by atoms with Crippen molar-refractivity contribution < 1.29 is 25.2 Å². The van der Waals surface area contributed by atoms with E-state index in [0.29, 0.717) is 12.8 Å². The summed E-state index contributed by atoms with van der Waals surface area (Å²) in [6.45, 7) is 4.11. The highest BCUT2D eigenvalue weighted by atomic mass is 16.3. The fraction of sp³-hybridized carbons (Fsp3) is 0.985. The van der Waals surface area contributed by atoms with E-state index in [1.807, 2.05) is 0 Å². The summed E-state index contributed by atoms with van der Waals surface area (Å²) in [6.07, 6.45) is 75.1. The predicted molar refractivity (Wildman–Crippen MR) is 321 cm³/mol. The predicted octanol–water partition coefficient (Wildman–Crippen LogP) is 20.6. The van der Waals surface area contributed by atoms with Gasteiger partial charge in [0.15, 0.2) is 0 Å². The first kappa shape index (κ1) is 72.3. The third-order valence-electron chi connectivity index (χ3n) is 16.6. The molecule has 0 aromatic heterocycles. The second kappa shape index (κ2) is 62.2. The Balaban J connectivity index is 3.48. The van der Waals surface area contributed by atoms with Crippen LogP contribution < -0.4 is 5.32 Å². The molecule has 4 atom stereocenters. The summed E-state index contributed by atoms with van der Waals surface area (Å²) >= 11 is 0. The van der Waals surface area contributed by atoms with Gasteiger partial charge < -0.3 is 25.7 Å². The molecule has 0 saturated carbocycles. The molecule has 438 valence electrons. The van der Waals surface area contributed by atoms with Crippen LogP contribution in [0, 0.1) is 0 Å². The van der Waals surface area contributed by atoms with Gasteiger partial charge in [-0.15, -0.1) is 0 Å². The quantitative estimate of drug-likeness (QED) is 0.0390. The van der Waals surface area contributed by atoms with Crippen LogP contribution in [0.2, 0.25) is 0 Å². The van der Waals surface area contributed by atoms with Crippen LogP contribution in [-0.2, 0) is 4.79 Å². The maximum Gasteiger partial charge on any atom is 0.249 e. The van der Waals surface area contributed by atoms with E-state index in [2.05, 4.69) is 19.2 Å². The first-order valence-electron chi connectivity index (χ1n) is 33.9. The number of aliphatic hydroxyl groups excluding tert-OH is 4. The molecule has 6 heteroatoms. The zero-order valence-corrected chi connectivity index (χ0v) is 49.9. The zero-order chi connectivity index (χ0) is 53.0. The number of unbranched alkanes of at least 4 members (excludes halogenated alkanes) is 55. The van der Waals surface area contributed by atoms with Crippen molar-refractivity contribution in [2.24, 2.45) is 0 Å². The van der Waals surface area contributed by atoms with E-state index in [1.54, 1.807) is 0 Å². The van der Waals surface area contributed by atoms with Crippen LogP contribution in [0.15, 0.2) is 0 Å². The topological polar surface area (TPSA) is 110 Å². The maximum atomic E-state index is 12.6. The molecule has 73 heavy (non-hydrogen) atoms. The van der Waals surface area contributed by atoms with Crippen molar-refractivity contribution in [1.29, 1.82) is 0 Å². The van der Waals surface area contributed by atoms with Crippen molar-refractivity contribution in [2.75, 3.05) is 6.61 Å². The number of hydrogen-bond acceptors (Lipinski definition) is 5. The molecule has 5 N–H and O–H groups in total. The van der Waals surface area contributed by atoms with Gasteiger partial charge in [-0.2, -0.15) is 0 Å². The lowest BCUT2D eigenvalue weighted by Crippen LogP contribution is -2.53. The number of hydrogen-bond donors (Lipinski definition) is 5. The van der Waals surface area contributed by atoms with Crippen LogP contribution >= 0.6 is 0 Å². The van der Waals surface area contributed by atoms with Gasteiger partial charge in [-0.1, -0.05) is 380 Å². The summed E-state index contributed by atoms with van der Waals surface area (Å²) in [4.78, 5) is 12.6. The lowest BCUT2D eigenvalue weighted by molar-refractivity contribution is -0.132. The van der Waals surface area contributed by atoms with Gasteiger partial charge in [0.25, 0.3) is 0 Å². The minimum Gasteiger partial charge on any atom is -0.394 e. The average Bonchev–Trinajstić information content (AvgIpc) is 3.40. The van der Waals surface area contributed by atoms with E-state index in [0.717, 1.165) is 38.5 Å². The number of aliphatic hydroxyl groups is 4. The summed E-state index contributed by atoms with van der Waals surface area (Å²) in [5.41, 5.74) is 0. The second-order valence-electron chi connectivity index (χ2n) is 23.9. The highest BCUT2D eigenvalue weighted by Gasteiger charge is 2.28. The van der Waals surface area contributed by atoms with Crippen molar-refractivity contribution in [3.63, 3.8) is 0 Å². The molecule has 0 aromatic carbocycles. The van der Waals surface area contributed by atoms with Crippen LogP contribution in [0.1, 0.15) is 393 Å². The third kappa shape index (κ3) is 55.9. The number of rotatable bonds is 64. The number of nitrogens with one attached hydrogen (secondary N) is 1. The molecule has 0 rings (SSSR count). The van der Waals surface area contributed by atoms with Gasteiger partial charge in [0.1, 0.15) is 12.2 Å². The standard InChI is InChI=1S/C67H135NO5/c1-3-5-7-9-11-13-15-17-19-21-23-25-26-27-28-29-30-31-32-33-34-35-36-37-38-39-41-43-45-47-49-51-53-55-57-59-61-65(71)67(73)68-63(62-69)66(72)64(70)60-58-56-54-52-50-48-46-44-42-40-24-22-20-18-16-14-12-10-8-6-4-2/h63-66,69-72H,3-62H2,1-2H3,(H,68,73). The summed E-state index contributed by atoms with van der Waals surface area (Å²) in [5.74, 6) is -0.573. The van der Waals surface area contributed by atoms with Gasteiger partial charge in [0, 0.05) is 0 Å². The molecule has 0 fully saturated rings. The maximum absolute atomic E-state index is 12.6. The molecule has 6 nitrogen and oxygen atoms in total. The Labute approximate surface area is 458 Å². The Morgan fingerprint density at radius 2 is 0.466 bits per heavy atom. The Morgan fingerprint density at radius 3 is 0.658 bits per heavy atom. The van der Waals surface area contributed by atoms with Crippen LogP contribution in [0.3, 0.4) is 0 Å². The fourth-order valence-corrected chi connectivity index (χ4v) is 11.3. The highest BCUT2D eigenvalue weighted by Crippen LogP contribution is 2.20. The van der Waals surface area contributed by atoms with Gasteiger partial charge in [0.05, 0.1) is 18.8 Å². The van der Waals surface area contributed by atoms with Crippen LogP contribution in [0.4, 0.5) is 0 Å². The molecule has 0 saturated heterocycles. The molecule has 0 heterocycles. The van der Waals surface area contributed by atoms with Crippen molar-refractivity contribution in [3.8, 4) is 0 Å². The molecule has 0 spiro atoms. The molecule has 0 aliphatic rings. The summed E-state index contributed by atoms with van der Waals surface area (Å²) in [5, 5.41) is 44.2. The Kier molecular flexibility index (Phi) is 61.6. The monoisotopic (exact) mass is 1030 g/mol. The number of amides is 1. The second-order valence-corrected chi connectivity index (χ2v) is 23.9.